The van der Waals surface area contributed by atoms with Gasteiger partial charge in [-0.3, -0.25) is 54.4 Å². The van der Waals surface area contributed by atoms with E-state index in [0.29, 0.717) is 0 Å². The van der Waals surface area contributed by atoms with Crippen molar-refractivity contribution in [1.29, 1.82) is 0 Å². The molecule has 26 heteroatoms. The van der Waals surface area contributed by atoms with Crippen LogP contribution in [0.5, 0.6) is 0 Å². The predicted octanol–water partition coefficient (Wildman–Crippen LogP) is 19.8. The Morgan fingerprint density at radius 2 is 0.439 bits per heavy atom. The molecule has 0 bridgehead atoms. The fourth-order valence-corrected chi connectivity index (χ4v) is 8.97. The van der Waals surface area contributed by atoms with Crippen LogP contribution in [0.2, 0.25) is 0 Å². The molecule has 15 rings (SSSR count). The van der Waals surface area contributed by atoms with Gasteiger partial charge in [-0.05, 0) is 119 Å². The Labute approximate surface area is 681 Å². The third-order valence-corrected chi connectivity index (χ3v) is 14.2. The predicted molar refractivity (Wildman–Crippen MR) is 404 cm³/mol. The molecule has 10 aromatic heterocycles. The molecule has 0 aliphatic heterocycles. The fraction of sp³-hybridized carbons (Fsp3) is 0.0123. The molecular weight excluding hydrogens is 1790 g/mol. The van der Waals surface area contributed by atoms with Crippen LogP contribution in [-0.4, -0.2) is 73.8 Å². The molecule has 0 saturated heterocycles. The number of halogens is 6. The van der Waals surface area contributed by atoms with E-state index in [2.05, 4.69) is 136 Å². The Morgan fingerprint density at radius 3 is 0.570 bits per heavy atom. The Morgan fingerprint density at radius 1 is 0.290 bits per heavy atom. The van der Waals surface area contributed by atoms with E-state index in [4.69, 9.17) is 16.6 Å². The van der Waals surface area contributed by atoms with Gasteiger partial charge in [0, 0.05) is 64.0 Å². The average molecular weight is 1840 g/mol. The van der Waals surface area contributed by atoms with Crippen LogP contribution >= 0.6 is 34.7 Å². The van der Waals surface area contributed by atoms with E-state index < -0.39 is 15.6 Å². The molecule has 559 valence electrons. The summed E-state index contributed by atoms with van der Waals surface area (Å²) in [6.07, 6.45) is 8.88. The van der Waals surface area contributed by atoms with E-state index in [0.717, 1.165) is 113 Å². The Hall–Kier alpha value is -9.13. The maximum Gasteiger partial charge on any atom is 0.0876 e. The molecule has 0 fully saturated rings. The topological polar surface area (TPSA) is 215 Å². The van der Waals surface area contributed by atoms with Crippen LogP contribution in [0.15, 0.2) is 334 Å². The molecule has 0 radical (unpaired) electrons. The van der Waals surface area contributed by atoms with Crippen molar-refractivity contribution < 1.29 is 110 Å². The number of hydrogen-bond acceptors (Lipinski definition) is 12. The molecule has 0 aliphatic carbocycles. The summed E-state index contributed by atoms with van der Waals surface area (Å²) in [4.78, 5) is 44.7. The molecule has 10 heterocycles. The zero-order valence-electron chi connectivity index (χ0n) is 55.2. The number of benzene rings is 5. The minimum absolute atomic E-state index is 0. The van der Waals surface area contributed by atoms with Gasteiger partial charge in [-0.25, -0.2) is 0 Å². The molecule has 0 atom stereocenters. The number of aromatic nitrogens is 10. The zero-order valence-corrected chi connectivity index (χ0v) is 64.7. The molecule has 0 spiro atoms. The molecule has 0 amide bonds. The van der Waals surface area contributed by atoms with Gasteiger partial charge in [-0.1, -0.05) is 91.0 Å². The Bertz CT molecular complexity index is 4060. The summed E-state index contributed by atoms with van der Waals surface area (Å²) in [5.74, 6) is 0. The van der Waals surface area contributed by atoms with Crippen LogP contribution in [0.3, 0.4) is 0 Å². The summed E-state index contributed by atoms with van der Waals surface area (Å²) < 4.78 is 66.7. The largest absolute Gasteiger partial charge is 0.295 e. The summed E-state index contributed by atoms with van der Waals surface area (Å²) in [7, 11) is -5.84. The van der Waals surface area contributed by atoms with Crippen LogP contribution in [0.25, 0.3) is 113 Å². The summed E-state index contributed by atoms with van der Waals surface area (Å²) in [6, 6.07) is 114. The summed E-state index contributed by atoms with van der Waals surface area (Å²) in [5.41, 5.74) is 12.8. The molecule has 15 aromatic rings. The summed E-state index contributed by atoms with van der Waals surface area (Å²) in [6.45, 7) is 0. The van der Waals surface area contributed by atoms with Crippen LogP contribution in [-0.2, 0) is 85.0 Å². The minimum Gasteiger partial charge on any atom is -0.295 e. The molecule has 5 aromatic carbocycles. The Balaban J connectivity index is 0.000000269. The first-order chi connectivity index (χ1) is 50.9. The van der Waals surface area contributed by atoms with Crippen LogP contribution in [0.1, 0.15) is 0 Å². The molecular formula is C81H58BrF4IN10Ni5O4S-5. The normalized spacial score (nSPS) is 9.84. The van der Waals surface area contributed by atoms with Gasteiger partial charge < -0.3 is 5.48 Å². The molecule has 0 unspecified atom stereocenters. The second kappa shape index (κ2) is 50.4. The van der Waals surface area contributed by atoms with Gasteiger partial charge in [0.05, 0.1) is 56.9 Å². The van der Waals surface area contributed by atoms with Crippen molar-refractivity contribution in [1.82, 2.24) is 49.8 Å². The van der Waals surface area contributed by atoms with Crippen LogP contribution < -0.4 is 0 Å². The first-order valence-electron chi connectivity index (χ1n) is 30.6. The SMILES string of the molecule is O.O=S(=O)(O)C(F)(F)F.[F][Ni].[Ni].[Ni].[Ni][Br].[Ni][I].[c-]1ccccc1-c1cccc(-c2ccccn2)n1.[c-]1ccccc1-c1cccc(-c2ccccn2)n1.[c-]1ccccc1-c1cccc(-c2ccccn2)n1.[c-]1ccccc1-c1cccc(-c2ccccn2)n1.[c-]1ccccc1-c1cccc(-c2ccccn2)n1. The first kappa shape index (κ1) is 90.3. The van der Waals surface area contributed by atoms with E-state index in [1.165, 1.54) is 0 Å². The number of pyridine rings is 10. The monoisotopic (exact) mass is 1840 g/mol. The van der Waals surface area contributed by atoms with E-state index in [9.17, 15) is 13.2 Å². The van der Waals surface area contributed by atoms with Gasteiger partial charge >= 0.3 is 95.8 Å². The van der Waals surface area contributed by atoms with Crippen molar-refractivity contribution in [3.63, 3.8) is 0 Å². The van der Waals surface area contributed by atoms with Crippen molar-refractivity contribution in [3.8, 4) is 113 Å². The maximum absolute atomic E-state index is 10.7. The van der Waals surface area contributed by atoms with E-state index in [1.54, 1.807) is 51.5 Å². The molecule has 0 aliphatic rings. The van der Waals surface area contributed by atoms with Gasteiger partial charge in [0.1, 0.15) is 0 Å². The van der Waals surface area contributed by atoms with Crippen molar-refractivity contribution in [2.75, 3.05) is 0 Å². The van der Waals surface area contributed by atoms with Crippen molar-refractivity contribution in [2.45, 2.75) is 5.51 Å². The van der Waals surface area contributed by atoms with Crippen LogP contribution in [0.4, 0.5) is 16.8 Å². The van der Waals surface area contributed by atoms with Gasteiger partial charge in [0.15, 0.2) is 0 Å². The second-order valence-electron chi connectivity index (χ2n) is 20.4. The van der Waals surface area contributed by atoms with Gasteiger partial charge in [-0.15, -0.1) is 179 Å². The van der Waals surface area contributed by atoms with E-state index in [1.807, 2.05) is 303 Å². The second-order valence-corrected chi connectivity index (χ2v) is 21.8. The van der Waals surface area contributed by atoms with E-state index >= 15 is 0 Å². The van der Waals surface area contributed by atoms with E-state index in [-0.39, 0.29) is 38.5 Å². The van der Waals surface area contributed by atoms with Crippen molar-refractivity contribution in [2.24, 2.45) is 0 Å². The summed E-state index contributed by atoms with van der Waals surface area (Å²) in [5, 5.41) is 0. The zero-order chi connectivity index (χ0) is 74.0. The fourth-order valence-electron chi connectivity index (χ4n) is 8.97. The maximum atomic E-state index is 10.7. The summed E-state index contributed by atoms with van der Waals surface area (Å²) >= 11 is 14.2. The average Bonchev–Trinajstić information content (AvgIpc) is 0.908. The number of alkyl halides is 3. The van der Waals surface area contributed by atoms with Gasteiger partial charge in [0.25, 0.3) is 0 Å². The standard InChI is InChI=1S/5C16H11N2.CHF3O3S.BrH.FH.HI.5Ni.H2O/c5*1-2-7-13(8-3-1)14-10-6-11-16(18-14)15-9-4-5-12-17-15;2-1(3,4)8(5,6)7;;;;;;;;;/h5*1-7,9-12H;(H,5,6,7);3*1H;;;;;;1H2/q5*-1;;;;;;;3*+1;/p-3. The third kappa shape index (κ3) is 30.2. The minimum atomic E-state index is -5.84. The number of nitrogens with zero attached hydrogens (tertiary/aromatic N) is 10. The first-order valence-corrected chi connectivity index (χ1v) is 38.0. The molecule has 3 N–H and O–H groups in total. The van der Waals surface area contributed by atoms with Gasteiger partial charge in [-0.2, -0.15) is 21.6 Å². The van der Waals surface area contributed by atoms with Crippen molar-refractivity contribution >= 4 is 44.8 Å². The van der Waals surface area contributed by atoms with Crippen LogP contribution in [0, 0.1) is 30.3 Å². The number of hydrogen-bond donors (Lipinski definition) is 1. The van der Waals surface area contributed by atoms with Gasteiger partial charge in [0.2, 0.25) is 0 Å². The molecule has 0 saturated carbocycles. The quantitative estimate of drug-likeness (QED) is 0.0337. The van der Waals surface area contributed by atoms with Crippen molar-refractivity contribution in [3.05, 3.63) is 365 Å². The molecule has 14 nitrogen and oxygen atoms in total. The smallest absolute Gasteiger partial charge is 0.0876 e. The number of rotatable bonds is 10. The third-order valence-electron chi connectivity index (χ3n) is 13.6. The Kier molecular flexibility index (Phi) is 42.5. The molecule has 107 heavy (non-hydrogen) atoms.